The van der Waals surface area contributed by atoms with Gasteiger partial charge in [0.2, 0.25) is 5.91 Å². The zero-order chi connectivity index (χ0) is 19.6. The molecule has 0 saturated carbocycles. The van der Waals surface area contributed by atoms with Gasteiger partial charge in [-0.3, -0.25) is 9.59 Å². The Kier molecular flexibility index (Phi) is 5.88. The van der Waals surface area contributed by atoms with Crippen LogP contribution in [0.4, 0.5) is 0 Å². The van der Waals surface area contributed by atoms with E-state index < -0.39 is 17.9 Å². The van der Waals surface area contributed by atoms with E-state index in [9.17, 15) is 14.7 Å². The standard InChI is InChI=1S/C19H24N4O3S/c1-11(15(24)10-20)16-12(17(21)25)4-2-5-13(16)19(26)23-8-3-6-14(23)18-22-7-9-27-18/h2,4-5,7,9,11,14-15,24H,3,6,8,10,20H2,1H3,(H2,21,25). The fraction of sp³-hybridized carbons (Fsp3) is 0.421. The van der Waals surface area contributed by atoms with Gasteiger partial charge in [-0.25, -0.2) is 4.98 Å². The number of rotatable bonds is 6. The van der Waals surface area contributed by atoms with E-state index in [1.807, 2.05) is 5.38 Å². The minimum Gasteiger partial charge on any atom is -0.391 e. The van der Waals surface area contributed by atoms with Gasteiger partial charge in [-0.1, -0.05) is 13.0 Å². The first-order chi connectivity index (χ1) is 13.0. The Labute approximate surface area is 162 Å². The molecular formula is C19H24N4O3S. The Morgan fingerprint density at radius 3 is 2.78 bits per heavy atom. The van der Waals surface area contributed by atoms with Crippen LogP contribution in [0.15, 0.2) is 29.8 Å². The van der Waals surface area contributed by atoms with Gasteiger partial charge < -0.3 is 21.5 Å². The van der Waals surface area contributed by atoms with Crippen molar-refractivity contribution in [2.75, 3.05) is 13.1 Å². The quantitative estimate of drug-likeness (QED) is 0.694. The summed E-state index contributed by atoms with van der Waals surface area (Å²) >= 11 is 1.53. The molecule has 144 valence electrons. The smallest absolute Gasteiger partial charge is 0.254 e. The lowest BCUT2D eigenvalue weighted by Crippen LogP contribution is -2.34. The monoisotopic (exact) mass is 388 g/mol. The van der Waals surface area contributed by atoms with Gasteiger partial charge in [0.1, 0.15) is 5.01 Å². The number of likely N-dealkylation sites (tertiary alicyclic amines) is 1. The molecule has 7 nitrogen and oxygen atoms in total. The number of nitrogens with two attached hydrogens (primary N) is 2. The Balaban J connectivity index is 2.04. The molecule has 3 unspecified atom stereocenters. The van der Waals surface area contributed by atoms with E-state index >= 15 is 0 Å². The number of primary amides is 1. The fourth-order valence-electron chi connectivity index (χ4n) is 3.67. The molecule has 3 atom stereocenters. The SMILES string of the molecule is CC(c1c(C(N)=O)cccc1C(=O)N1CCCC1c1nccs1)C(O)CN. The zero-order valence-corrected chi connectivity index (χ0v) is 16.0. The number of amides is 2. The molecule has 3 rings (SSSR count). The van der Waals surface area contributed by atoms with Crippen LogP contribution in [-0.4, -0.2) is 46.0 Å². The van der Waals surface area contributed by atoms with Crippen LogP contribution >= 0.6 is 11.3 Å². The molecule has 0 spiro atoms. The highest BCUT2D eigenvalue weighted by atomic mass is 32.1. The predicted molar refractivity (Wildman–Crippen MR) is 104 cm³/mol. The molecule has 1 aliphatic heterocycles. The summed E-state index contributed by atoms with van der Waals surface area (Å²) in [6.07, 6.45) is 2.59. The first kappa shape index (κ1) is 19.5. The van der Waals surface area contributed by atoms with Gasteiger partial charge in [0.25, 0.3) is 5.91 Å². The third kappa shape index (κ3) is 3.73. The highest BCUT2D eigenvalue weighted by Gasteiger charge is 2.35. The van der Waals surface area contributed by atoms with Gasteiger partial charge in [0, 0.05) is 41.7 Å². The van der Waals surface area contributed by atoms with Crippen LogP contribution in [0, 0.1) is 0 Å². The van der Waals surface area contributed by atoms with E-state index in [0.29, 0.717) is 17.7 Å². The summed E-state index contributed by atoms with van der Waals surface area (Å²) in [5.41, 5.74) is 12.2. The molecule has 5 N–H and O–H groups in total. The van der Waals surface area contributed by atoms with Crippen molar-refractivity contribution in [3.8, 4) is 0 Å². The van der Waals surface area contributed by atoms with Crippen LogP contribution in [0.25, 0.3) is 0 Å². The molecule has 2 heterocycles. The van der Waals surface area contributed by atoms with Crippen molar-refractivity contribution in [2.24, 2.45) is 11.5 Å². The van der Waals surface area contributed by atoms with Gasteiger partial charge in [-0.05, 0) is 30.5 Å². The van der Waals surface area contributed by atoms with Gasteiger partial charge in [0.05, 0.1) is 12.1 Å². The number of thiazole rings is 1. The highest BCUT2D eigenvalue weighted by molar-refractivity contribution is 7.09. The molecule has 2 amide bonds. The molecule has 0 aliphatic carbocycles. The van der Waals surface area contributed by atoms with E-state index in [1.165, 1.54) is 11.3 Å². The van der Waals surface area contributed by atoms with E-state index in [4.69, 9.17) is 11.5 Å². The number of nitrogens with zero attached hydrogens (tertiary/aromatic N) is 2. The number of aliphatic hydroxyl groups excluding tert-OH is 1. The molecule has 1 aromatic carbocycles. The first-order valence-electron chi connectivity index (χ1n) is 8.96. The van der Waals surface area contributed by atoms with Crippen molar-refractivity contribution < 1.29 is 14.7 Å². The minimum absolute atomic E-state index is 0.0212. The zero-order valence-electron chi connectivity index (χ0n) is 15.2. The summed E-state index contributed by atoms with van der Waals surface area (Å²) in [6, 6.07) is 4.84. The Hall–Kier alpha value is -2.29. The van der Waals surface area contributed by atoms with E-state index in [2.05, 4.69) is 4.98 Å². The second-order valence-electron chi connectivity index (χ2n) is 6.75. The van der Waals surface area contributed by atoms with Crippen molar-refractivity contribution >= 4 is 23.2 Å². The topological polar surface area (TPSA) is 123 Å². The molecule has 0 radical (unpaired) electrons. The van der Waals surface area contributed by atoms with Crippen molar-refractivity contribution in [2.45, 2.75) is 37.8 Å². The van der Waals surface area contributed by atoms with Gasteiger partial charge in [-0.2, -0.15) is 0 Å². The number of hydrogen-bond acceptors (Lipinski definition) is 6. The van der Waals surface area contributed by atoms with Crippen molar-refractivity contribution in [3.63, 3.8) is 0 Å². The number of hydrogen-bond donors (Lipinski definition) is 3. The van der Waals surface area contributed by atoms with Crippen LogP contribution in [0.2, 0.25) is 0 Å². The maximum atomic E-state index is 13.4. The molecule has 1 fully saturated rings. The summed E-state index contributed by atoms with van der Waals surface area (Å²) in [5.74, 6) is -1.31. The fourth-order valence-corrected chi connectivity index (χ4v) is 4.46. The Morgan fingerprint density at radius 1 is 1.41 bits per heavy atom. The molecule has 1 aliphatic rings. The number of aromatic nitrogens is 1. The van der Waals surface area contributed by atoms with Crippen LogP contribution in [0.3, 0.4) is 0 Å². The number of benzene rings is 1. The molecule has 0 bridgehead atoms. The van der Waals surface area contributed by atoms with Crippen molar-refractivity contribution in [1.82, 2.24) is 9.88 Å². The van der Waals surface area contributed by atoms with E-state index in [1.54, 1.807) is 36.2 Å². The maximum absolute atomic E-state index is 13.4. The molecule has 8 heteroatoms. The number of aliphatic hydroxyl groups is 1. The maximum Gasteiger partial charge on any atom is 0.254 e. The van der Waals surface area contributed by atoms with Crippen LogP contribution in [-0.2, 0) is 0 Å². The third-order valence-electron chi connectivity index (χ3n) is 5.13. The van der Waals surface area contributed by atoms with Gasteiger partial charge in [-0.15, -0.1) is 11.3 Å². The number of carbonyl (C=O) groups is 2. The summed E-state index contributed by atoms with van der Waals surface area (Å²) < 4.78 is 0. The van der Waals surface area contributed by atoms with Crippen LogP contribution < -0.4 is 11.5 Å². The van der Waals surface area contributed by atoms with Crippen LogP contribution in [0.5, 0.6) is 0 Å². The second-order valence-corrected chi connectivity index (χ2v) is 7.68. The molecule has 2 aromatic rings. The first-order valence-corrected chi connectivity index (χ1v) is 9.84. The summed E-state index contributed by atoms with van der Waals surface area (Å²) in [4.78, 5) is 31.5. The lowest BCUT2D eigenvalue weighted by molar-refractivity contribution is 0.0732. The highest BCUT2D eigenvalue weighted by Crippen LogP contribution is 2.36. The molecule has 1 aromatic heterocycles. The van der Waals surface area contributed by atoms with Crippen LogP contribution in [0.1, 0.15) is 63.0 Å². The average Bonchev–Trinajstić information content (AvgIpc) is 3.36. The van der Waals surface area contributed by atoms with Crippen molar-refractivity contribution in [1.29, 1.82) is 0 Å². The molecular weight excluding hydrogens is 364 g/mol. The third-order valence-corrected chi connectivity index (χ3v) is 6.00. The average molecular weight is 388 g/mol. The predicted octanol–water partition coefficient (Wildman–Crippen LogP) is 1.64. The Morgan fingerprint density at radius 2 is 2.15 bits per heavy atom. The minimum atomic E-state index is -0.884. The van der Waals surface area contributed by atoms with Gasteiger partial charge >= 0.3 is 0 Å². The lowest BCUT2D eigenvalue weighted by Gasteiger charge is -2.27. The molecule has 27 heavy (non-hydrogen) atoms. The Bertz CT molecular complexity index is 824. The normalized spacial score (nSPS) is 19.1. The lowest BCUT2D eigenvalue weighted by atomic mass is 9.86. The van der Waals surface area contributed by atoms with E-state index in [-0.39, 0.29) is 24.1 Å². The summed E-state index contributed by atoms with van der Waals surface area (Å²) in [7, 11) is 0. The molecule has 1 saturated heterocycles. The largest absolute Gasteiger partial charge is 0.391 e. The van der Waals surface area contributed by atoms with Gasteiger partial charge in [0.15, 0.2) is 0 Å². The van der Waals surface area contributed by atoms with E-state index in [0.717, 1.165) is 17.8 Å². The number of carbonyl (C=O) groups excluding carboxylic acids is 2. The second kappa shape index (κ2) is 8.16. The summed E-state index contributed by atoms with van der Waals surface area (Å²) in [6.45, 7) is 2.39. The summed E-state index contributed by atoms with van der Waals surface area (Å²) in [5, 5.41) is 13.1. The van der Waals surface area contributed by atoms with Crippen molar-refractivity contribution in [3.05, 3.63) is 51.5 Å².